The van der Waals surface area contributed by atoms with Gasteiger partial charge in [0.2, 0.25) is 5.91 Å². The molecule has 2 atom stereocenters. The van der Waals surface area contributed by atoms with E-state index in [4.69, 9.17) is 0 Å². The zero-order valence-electron chi connectivity index (χ0n) is 15.2. The van der Waals surface area contributed by atoms with Crippen LogP contribution in [0, 0.1) is 18.3 Å². The van der Waals surface area contributed by atoms with Gasteiger partial charge in [-0.3, -0.25) is 9.59 Å². The number of piperidine rings is 1. The van der Waals surface area contributed by atoms with Gasteiger partial charge in [0, 0.05) is 19.6 Å². The zero-order valence-corrected chi connectivity index (χ0v) is 15.2. The van der Waals surface area contributed by atoms with Crippen LogP contribution in [0.25, 0.3) is 11.0 Å². The third-order valence-electron chi connectivity index (χ3n) is 6.02. The average Bonchev–Trinajstić information content (AvgIpc) is 3.14. The molecule has 1 amide bonds. The van der Waals surface area contributed by atoms with Crippen molar-refractivity contribution in [3.05, 3.63) is 30.1 Å². The third-order valence-corrected chi connectivity index (χ3v) is 6.02. The predicted octanol–water partition coefficient (Wildman–Crippen LogP) is 1.21. The summed E-state index contributed by atoms with van der Waals surface area (Å²) in [6, 6.07) is 7.76. The second-order valence-corrected chi connectivity index (χ2v) is 7.69. The quantitative estimate of drug-likeness (QED) is 0.894. The summed E-state index contributed by atoms with van der Waals surface area (Å²) >= 11 is 0. The Morgan fingerprint density at radius 2 is 2.08 bits per heavy atom. The summed E-state index contributed by atoms with van der Waals surface area (Å²) in [7, 11) is 1.95. The Morgan fingerprint density at radius 1 is 1.31 bits per heavy atom. The molecule has 7 nitrogen and oxygen atoms in total. The molecule has 3 heterocycles. The molecule has 26 heavy (non-hydrogen) atoms. The molecule has 2 aromatic rings. The summed E-state index contributed by atoms with van der Waals surface area (Å²) in [5, 5.41) is 9.88. The van der Waals surface area contributed by atoms with E-state index in [-0.39, 0.29) is 18.4 Å². The highest BCUT2D eigenvalue weighted by Crippen LogP contribution is 2.42. The smallest absolute Gasteiger partial charge is 0.313 e. The van der Waals surface area contributed by atoms with Crippen LogP contribution in [0.5, 0.6) is 0 Å². The lowest BCUT2D eigenvalue weighted by atomic mass is 9.73. The topological polar surface area (TPSA) is 78.7 Å². The van der Waals surface area contributed by atoms with Crippen molar-refractivity contribution in [3.63, 3.8) is 0 Å². The van der Waals surface area contributed by atoms with Gasteiger partial charge in [0.1, 0.15) is 17.8 Å². The number of carboxylic acids is 1. The maximum Gasteiger partial charge on any atom is 0.313 e. The van der Waals surface area contributed by atoms with E-state index < -0.39 is 11.4 Å². The number of para-hydroxylation sites is 2. The molecule has 0 radical (unpaired) electrons. The molecular weight excluding hydrogens is 332 g/mol. The molecule has 7 heteroatoms. The molecule has 0 saturated carbocycles. The molecule has 2 saturated heterocycles. The monoisotopic (exact) mass is 356 g/mol. The number of imidazole rings is 1. The standard InChI is InChI=1S/C19H24N4O3/c1-13-20-15-5-3-4-6-16(15)23(13)10-17(24)22-9-14-7-8-21(2)11-19(14,12-22)18(25)26/h3-6,14H,7-12H2,1-2H3,(H,25,26). The van der Waals surface area contributed by atoms with Crippen LogP contribution in [-0.2, 0) is 16.1 Å². The summed E-state index contributed by atoms with van der Waals surface area (Å²) in [5.74, 6) is 0.00663. The molecular formula is C19H24N4O3. The summed E-state index contributed by atoms with van der Waals surface area (Å²) in [6.07, 6.45) is 0.819. The van der Waals surface area contributed by atoms with Crippen molar-refractivity contribution in [3.8, 4) is 0 Å². The second-order valence-electron chi connectivity index (χ2n) is 7.69. The first-order valence-electron chi connectivity index (χ1n) is 9.02. The van der Waals surface area contributed by atoms with Gasteiger partial charge in [-0.25, -0.2) is 4.98 Å². The number of hydrogen-bond donors (Lipinski definition) is 1. The fourth-order valence-electron chi connectivity index (χ4n) is 4.59. The molecule has 0 spiro atoms. The normalized spacial score (nSPS) is 26.2. The second kappa shape index (κ2) is 6.09. The van der Waals surface area contributed by atoms with Crippen molar-refractivity contribution in [2.45, 2.75) is 19.9 Å². The number of carboxylic acid groups (broad SMARTS) is 1. The highest BCUT2D eigenvalue weighted by atomic mass is 16.4. The van der Waals surface area contributed by atoms with Gasteiger partial charge in [0.15, 0.2) is 0 Å². The predicted molar refractivity (Wildman–Crippen MR) is 96.7 cm³/mol. The van der Waals surface area contributed by atoms with Gasteiger partial charge in [-0.2, -0.15) is 0 Å². The Morgan fingerprint density at radius 3 is 2.85 bits per heavy atom. The molecule has 1 aromatic heterocycles. The largest absolute Gasteiger partial charge is 0.481 e. The number of aromatic nitrogens is 2. The lowest BCUT2D eigenvalue weighted by molar-refractivity contribution is -0.154. The summed E-state index contributed by atoms with van der Waals surface area (Å²) in [6.45, 7) is 4.30. The molecule has 1 aromatic carbocycles. The van der Waals surface area contributed by atoms with Crippen LogP contribution in [0.15, 0.2) is 24.3 Å². The van der Waals surface area contributed by atoms with Crippen molar-refractivity contribution in [2.24, 2.45) is 11.3 Å². The molecule has 2 fully saturated rings. The van der Waals surface area contributed by atoms with Crippen molar-refractivity contribution in [1.29, 1.82) is 0 Å². The fourth-order valence-corrected chi connectivity index (χ4v) is 4.59. The third kappa shape index (κ3) is 2.58. The van der Waals surface area contributed by atoms with Crippen LogP contribution < -0.4 is 0 Å². The maximum atomic E-state index is 13.0. The molecule has 1 N–H and O–H groups in total. The van der Waals surface area contributed by atoms with Gasteiger partial charge in [-0.1, -0.05) is 12.1 Å². The number of aryl methyl sites for hydroxylation is 1. The van der Waals surface area contributed by atoms with E-state index in [1.54, 1.807) is 4.90 Å². The highest BCUT2D eigenvalue weighted by Gasteiger charge is 2.55. The first-order chi connectivity index (χ1) is 12.4. The molecule has 138 valence electrons. The zero-order chi connectivity index (χ0) is 18.5. The number of carbonyl (C=O) groups excluding carboxylic acids is 1. The van der Waals surface area contributed by atoms with E-state index in [1.807, 2.05) is 42.8 Å². The lowest BCUT2D eigenvalue weighted by Crippen LogP contribution is -2.52. The van der Waals surface area contributed by atoms with Crippen LogP contribution in [0.3, 0.4) is 0 Å². The molecule has 4 rings (SSSR count). The number of carbonyl (C=O) groups is 2. The van der Waals surface area contributed by atoms with E-state index in [9.17, 15) is 14.7 Å². The minimum Gasteiger partial charge on any atom is -0.481 e. The Kier molecular flexibility index (Phi) is 3.99. The number of benzene rings is 1. The number of likely N-dealkylation sites (tertiary alicyclic amines) is 2. The van der Waals surface area contributed by atoms with Crippen LogP contribution in [-0.4, -0.2) is 69.6 Å². The van der Waals surface area contributed by atoms with E-state index in [0.717, 1.165) is 29.8 Å². The summed E-state index contributed by atoms with van der Waals surface area (Å²) < 4.78 is 1.92. The maximum absolute atomic E-state index is 13.0. The van der Waals surface area contributed by atoms with Crippen molar-refractivity contribution >= 4 is 22.9 Å². The van der Waals surface area contributed by atoms with Gasteiger partial charge < -0.3 is 19.5 Å². The van der Waals surface area contributed by atoms with E-state index >= 15 is 0 Å². The van der Waals surface area contributed by atoms with Crippen LogP contribution in [0.1, 0.15) is 12.2 Å². The molecule has 0 bridgehead atoms. The van der Waals surface area contributed by atoms with Gasteiger partial charge in [0.25, 0.3) is 0 Å². The van der Waals surface area contributed by atoms with Gasteiger partial charge in [-0.05, 0) is 45.0 Å². The minimum atomic E-state index is -0.839. The minimum absolute atomic E-state index is 0.0285. The number of amides is 1. The van der Waals surface area contributed by atoms with E-state index in [2.05, 4.69) is 9.88 Å². The Balaban J connectivity index is 1.58. The van der Waals surface area contributed by atoms with Crippen LogP contribution >= 0.6 is 0 Å². The van der Waals surface area contributed by atoms with Crippen molar-refractivity contribution < 1.29 is 14.7 Å². The number of aliphatic carboxylic acids is 1. The first kappa shape index (κ1) is 17.0. The van der Waals surface area contributed by atoms with Crippen molar-refractivity contribution in [2.75, 3.05) is 33.2 Å². The number of fused-ring (bicyclic) bond motifs is 2. The Bertz CT molecular complexity index is 877. The average molecular weight is 356 g/mol. The highest BCUT2D eigenvalue weighted by molar-refractivity contribution is 5.83. The van der Waals surface area contributed by atoms with Crippen molar-refractivity contribution in [1.82, 2.24) is 19.4 Å². The Labute approximate surface area is 152 Å². The van der Waals surface area contributed by atoms with Gasteiger partial charge in [0.05, 0.1) is 11.0 Å². The molecule has 2 unspecified atom stereocenters. The number of nitrogens with zero attached hydrogens (tertiary/aromatic N) is 4. The van der Waals surface area contributed by atoms with Gasteiger partial charge >= 0.3 is 5.97 Å². The van der Waals surface area contributed by atoms with Crippen LogP contribution in [0.2, 0.25) is 0 Å². The molecule has 2 aliphatic rings. The van der Waals surface area contributed by atoms with Gasteiger partial charge in [-0.15, -0.1) is 0 Å². The van der Waals surface area contributed by atoms with E-state index in [0.29, 0.717) is 19.6 Å². The SMILES string of the molecule is Cc1nc2ccccc2n1CC(=O)N1CC2CCN(C)CC2(C(=O)O)C1. The van der Waals surface area contributed by atoms with Crippen LogP contribution in [0.4, 0.5) is 0 Å². The summed E-state index contributed by atoms with van der Waals surface area (Å²) in [5.41, 5.74) is 0.966. The van der Waals surface area contributed by atoms with E-state index in [1.165, 1.54) is 0 Å². The number of hydrogen-bond acceptors (Lipinski definition) is 4. The first-order valence-corrected chi connectivity index (χ1v) is 9.02. The summed E-state index contributed by atoms with van der Waals surface area (Å²) in [4.78, 5) is 33.3. The molecule has 2 aliphatic heterocycles. The molecule has 0 aliphatic carbocycles. The lowest BCUT2D eigenvalue weighted by Gasteiger charge is -2.39. The fraction of sp³-hybridized carbons (Fsp3) is 0.526. The Hall–Kier alpha value is -2.41. The number of rotatable bonds is 3.